The van der Waals surface area contributed by atoms with E-state index in [1.807, 2.05) is 37.3 Å². The van der Waals surface area contributed by atoms with Crippen LogP contribution in [0.4, 0.5) is 0 Å². The van der Waals surface area contributed by atoms with E-state index < -0.39 is 0 Å². The Morgan fingerprint density at radius 2 is 1.81 bits per heavy atom. The monoisotopic (exact) mass is 319 g/mol. The van der Waals surface area contributed by atoms with Crippen LogP contribution in [-0.4, -0.2) is 14.6 Å². The lowest BCUT2D eigenvalue weighted by Gasteiger charge is -2.08. The minimum Gasteiger partial charge on any atom is -0.216 e. The van der Waals surface area contributed by atoms with Crippen LogP contribution >= 0.6 is 23.2 Å². The minimum absolute atomic E-state index is 0.450. The maximum atomic E-state index is 6.52. The topological polar surface area (TPSA) is 30.2 Å². The van der Waals surface area contributed by atoms with Crippen molar-refractivity contribution in [2.75, 3.05) is 0 Å². The third kappa shape index (κ3) is 2.52. The molecular weight excluding hydrogens is 305 g/mol. The molecule has 0 N–H and O–H groups in total. The number of aromatic nitrogens is 3. The van der Waals surface area contributed by atoms with Crippen LogP contribution in [0, 0.1) is 6.92 Å². The minimum atomic E-state index is 0.450. The van der Waals surface area contributed by atoms with Crippen LogP contribution in [0.1, 0.15) is 29.3 Å². The van der Waals surface area contributed by atoms with E-state index in [4.69, 9.17) is 23.2 Å². The molecule has 3 aromatic rings. The standard InChI is InChI=1S/C16H15Cl2N3/c1-3-12-10(2)20-21-15(18)13(14(17)19-16(12)21)9-11-7-5-4-6-8-11/h4-8H,3,9H2,1-2H3. The molecule has 0 spiro atoms. The number of aryl methyl sites for hydroxylation is 2. The Morgan fingerprint density at radius 3 is 2.48 bits per heavy atom. The highest BCUT2D eigenvalue weighted by Gasteiger charge is 2.17. The summed E-state index contributed by atoms with van der Waals surface area (Å²) in [7, 11) is 0. The number of hydrogen-bond acceptors (Lipinski definition) is 2. The predicted molar refractivity (Wildman–Crippen MR) is 86.4 cm³/mol. The van der Waals surface area contributed by atoms with E-state index in [-0.39, 0.29) is 0 Å². The van der Waals surface area contributed by atoms with Crippen molar-refractivity contribution < 1.29 is 0 Å². The summed E-state index contributed by atoms with van der Waals surface area (Å²) < 4.78 is 1.69. The molecule has 5 heteroatoms. The number of benzene rings is 1. The van der Waals surface area contributed by atoms with E-state index in [9.17, 15) is 0 Å². The third-order valence-electron chi connectivity index (χ3n) is 3.62. The molecule has 0 amide bonds. The van der Waals surface area contributed by atoms with E-state index in [2.05, 4.69) is 17.0 Å². The zero-order valence-electron chi connectivity index (χ0n) is 11.9. The Labute approximate surface area is 133 Å². The quantitative estimate of drug-likeness (QED) is 0.665. The molecule has 0 aliphatic heterocycles. The third-order valence-corrected chi connectivity index (χ3v) is 4.32. The molecule has 2 aromatic heterocycles. The molecule has 0 atom stereocenters. The fourth-order valence-electron chi connectivity index (χ4n) is 2.53. The molecule has 0 fully saturated rings. The van der Waals surface area contributed by atoms with Gasteiger partial charge in [0.15, 0.2) is 5.65 Å². The van der Waals surface area contributed by atoms with Crippen molar-refractivity contribution in [1.82, 2.24) is 14.6 Å². The highest BCUT2D eigenvalue weighted by Crippen LogP contribution is 2.28. The molecule has 0 radical (unpaired) electrons. The van der Waals surface area contributed by atoms with Crippen LogP contribution in [0.5, 0.6) is 0 Å². The Bertz CT molecular complexity index is 794. The van der Waals surface area contributed by atoms with Crippen molar-refractivity contribution in [3.63, 3.8) is 0 Å². The smallest absolute Gasteiger partial charge is 0.161 e. The molecule has 0 unspecified atom stereocenters. The first-order valence-corrected chi connectivity index (χ1v) is 7.63. The number of halogens is 2. The van der Waals surface area contributed by atoms with Gasteiger partial charge < -0.3 is 0 Å². The summed E-state index contributed by atoms with van der Waals surface area (Å²) in [6.45, 7) is 4.04. The summed E-state index contributed by atoms with van der Waals surface area (Å²) in [5, 5.41) is 5.48. The van der Waals surface area contributed by atoms with Gasteiger partial charge in [-0.1, -0.05) is 60.5 Å². The van der Waals surface area contributed by atoms with Gasteiger partial charge in [0.2, 0.25) is 0 Å². The zero-order chi connectivity index (χ0) is 15.0. The van der Waals surface area contributed by atoms with Gasteiger partial charge in [0.05, 0.1) is 5.69 Å². The highest BCUT2D eigenvalue weighted by molar-refractivity contribution is 6.35. The second-order valence-electron chi connectivity index (χ2n) is 4.99. The van der Waals surface area contributed by atoms with Gasteiger partial charge in [-0.2, -0.15) is 5.10 Å². The van der Waals surface area contributed by atoms with Crippen molar-refractivity contribution in [3.8, 4) is 0 Å². The van der Waals surface area contributed by atoms with Gasteiger partial charge in [-0.3, -0.25) is 0 Å². The number of nitrogens with zero attached hydrogens (tertiary/aromatic N) is 3. The van der Waals surface area contributed by atoms with Gasteiger partial charge in [-0.05, 0) is 18.9 Å². The van der Waals surface area contributed by atoms with E-state index in [1.165, 1.54) is 0 Å². The lowest BCUT2D eigenvalue weighted by Crippen LogP contribution is -2.01. The predicted octanol–water partition coefficient (Wildman–Crippen LogP) is 4.50. The van der Waals surface area contributed by atoms with E-state index >= 15 is 0 Å². The molecule has 1 aromatic carbocycles. The van der Waals surface area contributed by atoms with Crippen molar-refractivity contribution in [1.29, 1.82) is 0 Å². The second kappa shape index (κ2) is 5.66. The number of rotatable bonds is 3. The van der Waals surface area contributed by atoms with E-state index in [0.29, 0.717) is 16.7 Å². The SMILES string of the molecule is CCc1c(C)nn2c(Cl)c(Cc3ccccc3)c(Cl)nc12. The largest absolute Gasteiger partial charge is 0.216 e. The number of fused-ring (bicyclic) bond motifs is 1. The van der Waals surface area contributed by atoms with Gasteiger partial charge in [0.1, 0.15) is 10.3 Å². The van der Waals surface area contributed by atoms with E-state index in [0.717, 1.165) is 34.5 Å². The Kier molecular flexibility index (Phi) is 3.87. The highest BCUT2D eigenvalue weighted by atomic mass is 35.5. The van der Waals surface area contributed by atoms with Crippen LogP contribution in [0.2, 0.25) is 10.3 Å². The molecular formula is C16H15Cl2N3. The van der Waals surface area contributed by atoms with Gasteiger partial charge in [0, 0.05) is 17.5 Å². The number of hydrogen-bond donors (Lipinski definition) is 0. The molecule has 108 valence electrons. The maximum Gasteiger partial charge on any atom is 0.161 e. The normalized spacial score (nSPS) is 11.2. The van der Waals surface area contributed by atoms with E-state index in [1.54, 1.807) is 4.52 Å². The molecule has 21 heavy (non-hydrogen) atoms. The summed E-state index contributed by atoms with van der Waals surface area (Å²) in [4.78, 5) is 4.51. The summed E-state index contributed by atoms with van der Waals surface area (Å²) in [5.74, 6) is 0. The van der Waals surface area contributed by atoms with Crippen LogP contribution < -0.4 is 0 Å². The van der Waals surface area contributed by atoms with Gasteiger partial charge in [-0.25, -0.2) is 9.50 Å². The summed E-state index contributed by atoms with van der Waals surface area (Å²) >= 11 is 12.9. The summed E-state index contributed by atoms with van der Waals surface area (Å²) in [5.41, 5.74) is 4.73. The first kappa shape index (κ1) is 14.4. The van der Waals surface area contributed by atoms with Crippen LogP contribution in [-0.2, 0) is 12.8 Å². The van der Waals surface area contributed by atoms with Crippen molar-refractivity contribution in [2.45, 2.75) is 26.7 Å². The zero-order valence-corrected chi connectivity index (χ0v) is 13.4. The molecule has 0 aliphatic carbocycles. The molecule has 0 saturated heterocycles. The van der Waals surface area contributed by atoms with Crippen molar-refractivity contribution >= 4 is 28.8 Å². The van der Waals surface area contributed by atoms with Crippen LogP contribution in [0.15, 0.2) is 30.3 Å². The molecule has 2 heterocycles. The molecule has 0 saturated carbocycles. The van der Waals surface area contributed by atoms with Gasteiger partial charge in [0.25, 0.3) is 0 Å². The Morgan fingerprint density at radius 1 is 1.10 bits per heavy atom. The van der Waals surface area contributed by atoms with Crippen molar-refractivity contribution in [2.24, 2.45) is 0 Å². The molecule has 3 rings (SSSR count). The fourth-order valence-corrected chi connectivity index (χ4v) is 3.09. The second-order valence-corrected chi connectivity index (χ2v) is 5.70. The van der Waals surface area contributed by atoms with Crippen LogP contribution in [0.3, 0.4) is 0 Å². The molecule has 0 aliphatic rings. The average Bonchev–Trinajstić information content (AvgIpc) is 2.80. The van der Waals surface area contributed by atoms with Crippen LogP contribution in [0.25, 0.3) is 5.65 Å². The first-order chi connectivity index (χ1) is 10.1. The molecule has 3 nitrogen and oxygen atoms in total. The summed E-state index contributed by atoms with van der Waals surface area (Å²) in [6.07, 6.45) is 1.49. The molecule has 0 bridgehead atoms. The lowest BCUT2D eigenvalue weighted by molar-refractivity contribution is 0.899. The maximum absolute atomic E-state index is 6.52. The Hall–Kier alpha value is -1.58. The summed E-state index contributed by atoms with van der Waals surface area (Å²) in [6, 6.07) is 10.1. The van der Waals surface area contributed by atoms with Gasteiger partial charge >= 0.3 is 0 Å². The fraction of sp³-hybridized carbons (Fsp3) is 0.250. The lowest BCUT2D eigenvalue weighted by atomic mass is 10.1. The van der Waals surface area contributed by atoms with Gasteiger partial charge in [-0.15, -0.1) is 0 Å². The Balaban J connectivity index is 2.16. The average molecular weight is 320 g/mol. The van der Waals surface area contributed by atoms with Crippen molar-refractivity contribution in [3.05, 3.63) is 63.0 Å². The first-order valence-electron chi connectivity index (χ1n) is 6.87.